The van der Waals surface area contributed by atoms with Gasteiger partial charge in [0.2, 0.25) is 0 Å². The average Bonchev–Trinajstić information content (AvgIpc) is 2.40. The van der Waals surface area contributed by atoms with Crippen molar-refractivity contribution >= 4 is 17.6 Å². The highest BCUT2D eigenvalue weighted by Crippen LogP contribution is 2.21. The number of aryl methyl sites for hydroxylation is 2. The van der Waals surface area contributed by atoms with Crippen LogP contribution in [0.15, 0.2) is 42.7 Å². The zero-order chi connectivity index (χ0) is 13.8. The van der Waals surface area contributed by atoms with Crippen LogP contribution in [-0.2, 0) is 4.79 Å². The number of aliphatic carboxylic acids is 1. The molecule has 2 rings (SSSR count). The first-order valence-electron chi connectivity index (χ1n) is 6.00. The highest BCUT2D eigenvalue weighted by molar-refractivity contribution is 6.20. The average molecular weight is 253 g/mol. The van der Waals surface area contributed by atoms with Gasteiger partial charge in [-0.2, -0.15) is 0 Å². The van der Waals surface area contributed by atoms with Crippen molar-refractivity contribution in [1.82, 2.24) is 4.98 Å². The summed E-state index contributed by atoms with van der Waals surface area (Å²) in [6.45, 7) is 3.98. The number of hydrogen-bond donors (Lipinski definition) is 1. The fourth-order valence-corrected chi connectivity index (χ4v) is 1.81. The topological polar surface area (TPSA) is 50.2 Å². The Morgan fingerprint density at radius 1 is 1.21 bits per heavy atom. The summed E-state index contributed by atoms with van der Waals surface area (Å²) in [6.07, 6.45) is 4.94. The van der Waals surface area contributed by atoms with E-state index in [0.717, 1.165) is 16.7 Å². The van der Waals surface area contributed by atoms with E-state index in [9.17, 15) is 9.90 Å². The van der Waals surface area contributed by atoms with Crippen LogP contribution in [0.1, 0.15) is 22.3 Å². The highest BCUT2D eigenvalue weighted by atomic mass is 16.4. The van der Waals surface area contributed by atoms with E-state index in [2.05, 4.69) is 4.98 Å². The maximum Gasteiger partial charge on any atom is 0.336 e. The van der Waals surface area contributed by atoms with Crippen molar-refractivity contribution in [1.29, 1.82) is 0 Å². The third-order valence-corrected chi connectivity index (χ3v) is 3.04. The largest absolute Gasteiger partial charge is 0.478 e. The summed E-state index contributed by atoms with van der Waals surface area (Å²) in [5, 5.41) is 9.36. The number of carboxylic acids is 1. The quantitative estimate of drug-likeness (QED) is 0.854. The van der Waals surface area contributed by atoms with Crippen LogP contribution in [0.2, 0.25) is 0 Å². The maximum absolute atomic E-state index is 11.4. The summed E-state index contributed by atoms with van der Waals surface area (Å²) in [5.41, 5.74) is 3.99. The summed E-state index contributed by atoms with van der Waals surface area (Å²) in [4.78, 5) is 15.4. The van der Waals surface area contributed by atoms with E-state index < -0.39 is 5.97 Å². The van der Waals surface area contributed by atoms with Crippen molar-refractivity contribution in [2.45, 2.75) is 13.8 Å². The van der Waals surface area contributed by atoms with Crippen LogP contribution in [0.4, 0.5) is 0 Å². The van der Waals surface area contributed by atoms with Crippen LogP contribution in [0.25, 0.3) is 11.6 Å². The fraction of sp³-hybridized carbons (Fsp3) is 0.125. The molecule has 0 atom stereocenters. The number of hydrogen-bond acceptors (Lipinski definition) is 2. The van der Waals surface area contributed by atoms with Crippen molar-refractivity contribution in [3.8, 4) is 0 Å². The molecule has 0 aliphatic carbocycles. The molecule has 2 aromatic rings. The molecule has 1 aromatic carbocycles. The van der Waals surface area contributed by atoms with Crippen LogP contribution < -0.4 is 0 Å². The van der Waals surface area contributed by atoms with Crippen molar-refractivity contribution in [3.05, 3.63) is 65.0 Å². The lowest BCUT2D eigenvalue weighted by Crippen LogP contribution is -2.00. The predicted molar refractivity (Wildman–Crippen MR) is 75.7 cm³/mol. The summed E-state index contributed by atoms with van der Waals surface area (Å²) in [5.74, 6) is -0.938. The first-order valence-corrected chi connectivity index (χ1v) is 6.00. The Hall–Kier alpha value is -2.42. The molecule has 0 unspecified atom stereocenters. The van der Waals surface area contributed by atoms with E-state index in [-0.39, 0.29) is 5.57 Å². The van der Waals surface area contributed by atoms with Gasteiger partial charge in [-0.3, -0.25) is 4.98 Å². The number of aromatic nitrogens is 1. The molecule has 0 saturated carbocycles. The second-order valence-corrected chi connectivity index (χ2v) is 4.45. The molecule has 1 heterocycles. The Balaban J connectivity index is 2.49. The molecule has 3 nitrogen and oxygen atoms in total. The molecule has 0 bridgehead atoms. The molecule has 0 saturated heterocycles. The van der Waals surface area contributed by atoms with Crippen LogP contribution in [0.5, 0.6) is 0 Å². The number of benzene rings is 1. The number of rotatable bonds is 3. The Morgan fingerprint density at radius 3 is 2.58 bits per heavy atom. The monoisotopic (exact) mass is 253 g/mol. The van der Waals surface area contributed by atoms with Gasteiger partial charge in [0.15, 0.2) is 0 Å². The van der Waals surface area contributed by atoms with Gasteiger partial charge in [0.05, 0.1) is 5.57 Å². The molecule has 1 N–H and O–H groups in total. The lowest BCUT2D eigenvalue weighted by atomic mass is 9.99. The van der Waals surface area contributed by atoms with Gasteiger partial charge >= 0.3 is 5.97 Å². The van der Waals surface area contributed by atoms with Crippen molar-refractivity contribution in [3.63, 3.8) is 0 Å². The van der Waals surface area contributed by atoms with Crippen LogP contribution in [0.3, 0.4) is 0 Å². The molecule has 3 heteroatoms. The third kappa shape index (κ3) is 3.07. The van der Waals surface area contributed by atoms with E-state index >= 15 is 0 Å². The molecule has 0 radical (unpaired) electrons. The Labute approximate surface area is 112 Å². The summed E-state index contributed by atoms with van der Waals surface area (Å²) in [6, 6.07) is 9.28. The van der Waals surface area contributed by atoms with Crippen LogP contribution >= 0.6 is 0 Å². The van der Waals surface area contributed by atoms with Gasteiger partial charge < -0.3 is 5.11 Å². The van der Waals surface area contributed by atoms with E-state index in [0.29, 0.717) is 5.56 Å². The smallest absolute Gasteiger partial charge is 0.336 e. The molecule has 0 fully saturated rings. The van der Waals surface area contributed by atoms with Gasteiger partial charge in [0.25, 0.3) is 0 Å². The molecular formula is C16H15NO2. The van der Waals surface area contributed by atoms with E-state index in [1.54, 1.807) is 24.5 Å². The normalized spacial score (nSPS) is 11.4. The second-order valence-electron chi connectivity index (χ2n) is 4.45. The summed E-state index contributed by atoms with van der Waals surface area (Å²) in [7, 11) is 0. The molecule has 96 valence electrons. The Bertz CT molecular complexity index is 630. The maximum atomic E-state index is 11.4. The Kier molecular flexibility index (Phi) is 3.76. The molecular weight excluding hydrogens is 238 g/mol. The molecule has 0 aliphatic rings. The number of carboxylic acid groups (broad SMARTS) is 1. The molecule has 0 spiro atoms. The van der Waals surface area contributed by atoms with Gasteiger partial charge in [-0.25, -0.2) is 4.79 Å². The van der Waals surface area contributed by atoms with Gasteiger partial charge in [-0.1, -0.05) is 24.3 Å². The standard InChI is InChI=1S/C16H15NO2/c1-11-5-6-14(8-12(11)2)15(16(18)19)9-13-4-3-7-17-10-13/h3-10H,1-2H3,(H,18,19)/b15-9-. The van der Waals surface area contributed by atoms with Crippen molar-refractivity contribution < 1.29 is 9.90 Å². The number of nitrogens with zero attached hydrogens (tertiary/aromatic N) is 1. The molecule has 1 aromatic heterocycles. The van der Waals surface area contributed by atoms with Crippen molar-refractivity contribution in [2.24, 2.45) is 0 Å². The van der Waals surface area contributed by atoms with Crippen molar-refractivity contribution in [2.75, 3.05) is 0 Å². The predicted octanol–water partition coefficient (Wildman–Crippen LogP) is 3.32. The number of carbonyl (C=O) groups is 1. The third-order valence-electron chi connectivity index (χ3n) is 3.04. The van der Waals surface area contributed by atoms with Crippen LogP contribution in [0, 0.1) is 13.8 Å². The van der Waals surface area contributed by atoms with Gasteiger partial charge in [0, 0.05) is 12.4 Å². The van der Waals surface area contributed by atoms with Gasteiger partial charge in [-0.15, -0.1) is 0 Å². The fourth-order valence-electron chi connectivity index (χ4n) is 1.81. The molecule has 0 amide bonds. The highest BCUT2D eigenvalue weighted by Gasteiger charge is 2.11. The van der Waals surface area contributed by atoms with Gasteiger partial charge in [0.1, 0.15) is 0 Å². The van der Waals surface area contributed by atoms with Gasteiger partial charge in [-0.05, 0) is 48.2 Å². The SMILES string of the molecule is Cc1ccc(/C(=C/c2cccnc2)C(=O)O)cc1C. The minimum absolute atomic E-state index is 0.274. The lowest BCUT2D eigenvalue weighted by Gasteiger charge is -2.06. The Morgan fingerprint density at radius 2 is 2.00 bits per heavy atom. The lowest BCUT2D eigenvalue weighted by molar-refractivity contribution is -0.130. The second kappa shape index (κ2) is 5.48. The molecule has 0 aliphatic heterocycles. The first-order chi connectivity index (χ1) is 9.08. The minimum Gasteiger partial charge on any atom is -0.478 e. The van der Waals surface area contributed by atoms with E-state index in [1.807, 2.05) is 38.1 Å². The number of pyridine rings is 1. The van der Waals surface area contributed by atoms with E-state index in [1.165, 1.54) is 0 Å². The summed E-state index contributed by atoms with van der Waals surface area (Å²) >= 11 is 0. The minimum atomic E-state index is -0.938. The summed E-state index contributed by atoms with van der Waals surface area (Å²) < 4.78 is 0. The molecule has 19 heavy (non-hydrogen) atoms. The van der Waals surface area contributed by atoms with Crippen LogP contribution in [-0.4, -0.2) is 16.1 Å². The zero-order valence-electron chi connectivity index (χ0n) is 10.9. The zero-order valence-corrected chi connectivity index (χ0v) is 10.9. The first kappa shape index (κ1) is 13.0. The van der Waals surface area contributed by atoms with E-state index in [4.69, 9.17) is 0 Å².